The van der Waals surface area contributed by atoms with Gasteiger partial charge in [0.1, 0.15) is 11.5 Å². The Hall–Kier alpha value is -3.54. The number of carbonyl (C=O) groups excluding carboxylic acids is 2. The molecule has 0 radical (unpaired) electrons. The maximum atomic E-state index is 13.9. The van der Waals surface area contributed by atoms with Crippen molar-refractivity contribution < 1.29 is 14.0 Å². The fourth-order valence-electron chi connectivity index (χ4n) is 3.92. The Morgan fingerprint density at radius 2 is 1.90 bits per heavy atom. The van der Waals surface area contributed by atoms with Crippen LogP contribution in [0.5, 0.6) is 0 Å². The zero-order chi connectivity index (χ0) is 20.4. The number of fused-ring (bicyclic) bond motifs is 1. The first-order chi connectivity index (χ1) is 14.0. The predicted molar refractivity (Wildman–Crippen MR) is 107 cm³/mol. The van der Waals surface area contributed by atoms with Gasteiger partial charge in [0.05, 0.1) is 6.04 Å². The molecule has 5 nitrogen and oxygen atoms in total. The number of benzene rings is 2. The molecule has 0 aliphatic heterocycles. The third kappa shape index (κ3) is 3.74. The molecule has 1 aliphatic carbocycles. The first-order valence-corrected chi connectivity index (χ1v) is 9.42. The summed E-state index contributed by atoms with van der Waals surface area (Å²) in [6.07, 6.45) is 2.94. The van der Waals surface area contributed by atoms with Crippen molar-refractivity contribution in [2.75, 3.05) is 0 Å². The largest absolute Gasteiger partial charge is 0.364 e. The van der Waals surface area contributed by atoms with Crippen LogP contribution in [0.2, 0.25) is 0 Å². The molecule has 6 heteroatoms. The molecule has 0 saturated heterocycles. The van der Waals surface area contributed by atoms with E-state index in [1.807, 2.05) is 6.07 Å². The zero-order valence-electron chi connectivity index (χ0n) is 15.7. The van der Waals surface area contributed by atoms with Crippen molar-refractivity contribution in [3.8, 4) is 0 Å². The van der Waals surface area contributed by atoms with Crippen LogP contribution >= 0.6 is 0 Å². The summed E-state index contributed by atoms with van der Waals surface area (Å²) in [6.45, 7) is 0.153. The topological polar surface area (TPSA) is 76.3 Å². The molecule has 146 valence electrons. The lowest BCUT2D eigenvalue weighted by Gasteiger charge is -2.30. The van der Waals surface area contributed by atoms with E-state index in [1.165, 1.54) is 18.3 Å². The summed E-state index contributed by atoms with van der Waals surface area (Å²) in [4.78, 5) is 31.0. The molecule has 0 bridgehead atoms. The van der Waals surface area contributed by atoms with Crippen molar-refractivity contribution in [2.24, 2.45) is 5.73 Å². The smallest absolute Gasteiger partial charge is 0.267 e. The summed E-state index contributed by atoms with van der Waals surface area (Å²) in [5.74, 6) is -1.17. The number of nitrogens with zero attached hydrogens (tertiary/aromatic N) is 2. The van der Waals surface area contributed by atoms with Gasteiger partial charge in [0.25, 0.3) is 11.8 Å². The van der Waals surface area contributed by atoms with Gasteiger partial charge in [0, 0.05) is 23.9 Å². The maximum Gasteiger partial charge on any atom is 0.267 e. The maximum absolute atomic E-state index is 13.9. The summed E-state index contributed by atoms with van der Waals surface area (Å²) < 4.78 is 13.9. The van der Waals surface area contributed by atoms with Crippen LogP contribution in [-0.2, 0) is 13.0 Å². The average Bonchev–Trinajstić information content (AvgIpc) is 3.15. The minimum absolute atomic E-state index is 0.135. The monoisotopic (exact) mass is 389 g/mol. The number of aryl methyl sites for hydroxylation is 1. The van der Waals surface area contributed by atoms with Gasteiger partial charge in [-0.05, 0) is 54.3 Å². The van der Waals surface area contributed by atoms with Crippen LogP contribution in [-0.4, -0.2) is 21.7 Å². The fraction of sp³-hybridized carbons (Fsp3) is 0.174. The van der Waals surface area contributed by atoms with Gasteiger partial charge < -0.3 is 10.6 Å². The quantitative estimate of drug-likeness (QED) is 0.724. The highest BCUT2D eigenvalue weighted by molar-refractivity contribution is 5.95. The van der Waals surface area contributed by atoms with Crippen LogP contribution in [0.15, 0.2) is 66.9 Å². The van der Waals surface area contributed by atoms with Crippen molar-refractivity contribution in [2.45, 2.75) is 25.4 Å². The van der Waals surface area contributed by atoms with Gasteiger partial charge in [0.15, 0.2) is 0 Å². The van der Waals surface area contributed by atoms with Crippen LogP contribution in [0.1, 0.15) is 50.0 Å². The number of primary amides is 1. The Balaban J connectivity index is 1.77. The lowest BCUT2D eigenvalue weighted by Crippen LogP contribution is -2.34. The van der Waals surface area contributed by atoms with E-state index in [-0.39, 0.29) is 30.0 Å². The molecule has 1 heterocycles. The van der Waals surface area contributed by atoms with Gasteiger partial charge in [-0.3, -0.25) is 14.6 Å². The second kappa shape index (κ2) is 7.83. The highest BCUT2D eigenvalue weighted by Crippen LogP contribution is 2.38. The first kappa shape index (κ1) is 18.8. The summed E-state index contributed by atoms with van der Waals surface area (Å²) in [7, 11) is 0. The van der Waals surface area contributed by atoms with Crippen LogP contribution in [0.25, 0.3) is 0 Å². The Bertz CT molecular complexity index is 1070. The highest BCUT2D eigenvalue weighted by Gasteiger charge is 2.32. The number of hydrogen-bond acceptors (Lipinski definition) is 3. The van der Waals surface area contributed by atoms with Gasteiger partial charge in [-0.1, -0.05) is 30.3 Å². The van der Waals surface area contributed by atoms with E-state index in [9.17, 15) is 14.0 Å². The summed E-state index contributed by atoms with van der Waals surface area (Å²) in [6, 6.07) is 16.8. The molecule has 1 aromatic heterocycles. The highest BCUT2D eigenvalue weighted by atomic mass is 19.1. The van der Waals surface area contributed by atoms with Gasteiger partial charge in [0.2, 0.25) is 0 Å². The van der Waals surface area contributed by atoms with Crippen LogP contribution in [0.3, 0.4) is 0 Å². The molecular weight excluding hydrogens is 369 g/mol. The van der Waals surface area contributed by atoms with Gasteiger partial charge >= 0.3 is 0 Å². The molecule has 0 fully saturated rings. The van der Waals surface area contributed by atoms with Gasteiger partial charge in [-0.15, -0.1) is 0 Å². The Kier molecular flexibility index (Phi) is 5.08. The Morgan fingerprint density at radius 3 is 2.66 bits per heavy atom. The van der Waals surface area contributed by atoms with Gasteiger partial charge in [-0.25, -0.2) is 4.39 Å². The molecule has 29 heavy (non-hydrogen) atoms. The van der Waals surface area contributed by atoms with E-state index in [0.717, 1.165) is 17.5 Å². The van der Waals surface area contributed by atoms with Crippen molar-refractivity contribution >= 4 is 11.8 Å². The predicted octanol–water partition coefficient (Wildman–Crippen LogP) is 3.65. The lowest BCUT2D eigenvalue weighted by molar-refractivity contribution is 0.0655. The van der Waals surface area contributed by atoms with Crippen molar-refractivity contribution in [3.63, 3.8) is 0 Å². The van der Waals surface area contributed by atoms with E-state index in [2.05, 4.69) is 4.98 Å². The fourth-order valence-corrected chi connectivity index (χ4v) is 3.92. The number of pyridine rings is 1. The zero-order valence-corrected chi connectivity index (χ0v) is 15.7. The summed E-state index contributed by atoms with van der Waals surface area (Å²) >= 11 is 0. The molecule has 1 aliphatic rings. The molecule has 0 spiro atoms. The van der Waals surface area contributed by atoms with Crippen LogP contribution in [0.4, 0.5) is 4.39 Å². The minimum atomic E-state index is -0.648. The number of hydrogen-bond donors (Lipinski definition) is 1. The molecule has 4 rings (SSSR count). The first-order valence-electron chi connectivity index (χ1n) is 9.42. The normalized spacial score (nSPS) is 15.0. The summed E-state index contributed by atoms with van der Waals surface area (Å²) in [5.41, 5.74) is 8.54. The standard InChI is InChI=1S/C23H20FN3O2/c24-18-10-8-15-9-11-20(19(15)13-18)27(23(29)16-5-2-1-3-6-16)14-17-7-4-12-26-21(17)22(25)28/h1-8,10,12-13,20H,9,11,14H2,(H2,25,28)/t20-/m1/s1. The van der Waals surface area contributed by atoms with Crippen molar-refractivity contribution in [3.05, 3.63) is 101 Å². The Labute approximate surface area is 168 Å². The number of amides is 2. The average molecular weight is 389 g/mol. The summed E-state index contributed by atoms with van der Waals surface area (Å²) in [5, 5.41) is 0. The van der Waals surface area contributed by atoms with E-state index in [4.69, 9.17) is 5.73 Å². The second-order valence-corrected chi connectivity index (χ2v) is 7.07. The molecule has 1 atom stereocenters. The third-order valence-corrected chi connectivity index (χ3v) is 5.28. The van der Waals surface area contributed by atoms with E-state index in [0.29, 0.717) is 17.5 Å². The van der Waals surface area contributed by atoms with Crippen LogP contribution < -0.4 is 5.73 Å². The Morgan fingerprint density at radius 1 is 1.10 bits per heavy atom. The third-order valence-electron chi connectivity index (χ3n) is 5.28. The molecular formula is C23H20FN3O2. The molecule has 2 amide bonds. The second-order valence-electron chi connectivity index (χ2n) is 7.07. The SMILES string of the molecule is NC(=O)c1ncccc1CN(C(=O)c1ccccc1)[C@@H]1CCc2ccc(F)cc21. The number of aromatic nitrogens is 1. The molecule has 2 N–H and O–H groups in total. The van der Waals surface area contributed by atoms with Gasteiger partial charge in [-0.2, -0.15) is 0 Å². The number of nitrogens with two attached hydrogens (primary N) is 1. The van der Waals surface area contributed by atoms with Crippen molar-refractivity contribution in [1.29, 1.82) is 0 Å². The molecule has 3 aromatic rings. The number of rotatable bonds is 5. The number of halogens is 1. The van der Waals surface area contributed by atoms with E-state index < -0.39 is 5.91 Å². The molecule has 2 aromatic carbocycles. The minimum Gasteiger partial charge on any atom is -0.364 e. The van der Waals surface area contributed by atoms with Crippen LogP contribution in [0, 0.1) is 5.82 Å². The molecule has 0 saturated carbocycles. The van der Waals surface area contributed by atoms with E-state index in [1.54, 1.807) is 47.4 Å². The van der Waals surface area contributed by atoms with E-state index >= 15 is 0 Å². The molecule has 0 unspecified atom stereocenters. The lowest BCUT2D eigenvalue weighted by atomic mass is 10.0. The van der Waals surface area contributed by atoms with Crippen molar-refractivity contribution in [1.82, 2.24) is 9.88 Å². The number of carbonyl (C=O) groups is 2.